The average molecular weight is 386 g/mol. The third-order valence-corrected chi connectivity index (χ3v) is 4.99. The van der Waals surface area contributed by atoms with E-state index in [0.717, 1.165) is 49.1 Å². The van der Waals surface area contributed by atoms with Crippen LogP contribution in [0.5, 0.6) is 5.75 Å². The minimum Gasteiger partial charge on any atom is -0.495 e. The van der Waals surface area contributed by atoms with Gasteiger partial charge in [0, 0.05) is 32.2 Å². The van der Waals surface area contributed by atoms with Crippen LogP contribution in [0.3, 0.4) is 0 Å². The molecule has 3 aromatic rings. The summed E-state index contributed by atoms with van der Waals surface area (Å²) in [6.07, 6.45) is 1.55. The summed E-state index contributed by atoms with van der Waals surface area (Å²) in [5, 5.41) is 12.5. The van der Waals surface area contributed by atoms with E-state index in [1.54, 1.807) is 19.5 Å². The Hall–Kier alpha value is -3.79. The van der Waals surface area contributed by atoms with Gasteiger partial charge in [-0.2, -0.15) is 5.26 Å². The third-order valence-electron chi connectivity index (χ3n) is 4.99. The number of nitrogens with zero attached hydrogens (tertiary/aromatic N) is 5. The van der Waals surface area contributed by atoms with Gasteiger partial charge in [-0.3, -0.25) is 0 Å². The van der Waals surface area contributed by atoms with Crippen LogP contribution in [-0.2, 0) is 0 Å². The molecule has 2 heterocycles. The Balaban J connectivity index is 1.45. The number of benzene rings is 2. The van der Waals surface area contributed by atoms with Gasteiger partial charge < -0.3 is 19.9 Å². The number of para-hydroxylation sites is 3. The Morgan fingerprint density at radius 2 is 1.69 bits per heavy atom. The molecule has 1 aliphatic rings. The van der Waals surface area contributed by atoms with Crippen LogP contribution in [0.4, 0.5) is 23.0 Å². The fourth-order valence-corrected chi connectivity index (χ4v) is 3.48. The molecule has 0 bridgehead atoms. The zero-order chi connectivity index (χ0) is 20.1. The maximum atomic E-state index is 9.27. The Morgan fingerprint density at radius 3 is 2.48 bits per heavy atom. The van der Waals surface area contributed by atoms with Crippen LogP contribution in [0.1, 0.15) is 5.56 Å². The molecule has 29 heavy (non-hydrogen) atoms. The molecule has 146 valence electrons. The summed E-state index contributed by atoms with van der Waals surface area (Å²) >= 11 is 0. The number of aromatic nitrogens is 2. The van der Waals surface area contributed by atoms with Crippen LogP contribution in [0.25, 0.3) is 0 Å². The highest BCUT2D eigenvalue weighted by Crippen LogP contribution is 2.29. The van der Waals surface area contributed by atoms with Gasteiger partial charge in [-0.05, 0) is 24.3 Å². The van der Waals surface area contributed by atoms with Crippen LogP contribution in [0, 0.1) is 11.3 Å². The van der Waals surface area contributed by atoms with Crippen molar-refractivity contribution < 1.29 is 4.74 Å². The van der Waals surface area contributed by atoms with Crippen molar-refractivity contribution in [1.29, 1.82) is 5.26 Å². The van der Waals surface area contributed by atoms with Crippen LogP contribution in [0.2, 0.25) is 0 Å². The van der Waals surface area contributed by atoms with Crippen LogP contribution in [0.15, 0.2) is 60.9 Å². The highest BCUT2D eigenvalue weighted by Gasteiger charge is 2.20. The van der Waals surface area contributed by atoms with E-state index in [1.165, 1.54) is 0 Å². The largest absolute Gasteiger partial charge is 0.495 e. The molecular formula is C22H22N6O. The predicted molar refractivity (Wildman–Crippen MR) is 114 cm³/mol. The molecule has 0 spiro atoms. The molecule has 2 aromatic carbocycles. The first-order chi connectivity index (χ1) is 14.3. The lowest BCUT2D eigenvalue weighted by atomic mass is 10.2. The first-order valence-corrected chi connectivity index (χ1v) is 9.49. The van der Waals surface area contributed by atoms with Crippen LogP contribution in [-0.4, -0.2) is 43.3 Å². The van der Waals surface area contributed by atoms with E-state index in [1.807, 2.05) is 42.5 Å². The van der Waals surface area contributed by atoms with Gasteiger partial charge in [-0.25, -0.2) is 9.97 Å². The van der Waals surface area contributed by atoms with Gasteiger partial charge in [0.25, 0.3) is 0 Å². The van der Waals surface area contributed by atoms with Crippen molar-refractivity contribution >= 4 is 23.0 Å². The molecule has 0 amide bonds. The standard InChI is InChI=1S/C22H22N6O/c1-29-20-9-5-4-8-19(20)27-10-12-28(13-11-27)22-14-21(24-16-25-22)26-18-7-3-2-6-17(18)15-23/h2-9,14,16H,10-13H2,1H3,(H,24,25,26). The van der Waals surface area contributed by atoms with Crippen molar-refractivity contribution in [2.45, 2.75) is 0 Å². The molecule has 0 aliphatic carbocycles. The number of anilines is 4. The minimum atomic E-state index is 0.582. The molecular weight excluding hydrogens is 364 g/mol. The Bertz CT molecular complexity index is 1020. The summed E-state index contributed by atoms with van der Waals surface area (Å²) in [4.78, 5) is 13.3. The van der Waals surface area contributed by atoms with Gasteiger partial charge in [0.1, 0.15) is 29.8 Å². The van der Waals surface area contributed by atoms with Crippen molar-refractivity contribution in [2.24, 2.45) is 0 Å². The van der Waals surface area contributed by atoms with Crippen molar-refractivity contribution in [3.05, 3.63) is 66.5 Å². The van der Waals surface area contributed by atoms with Gasteiger partial charge in [-0.1, -0.05) is 24.3 Å². The van der Waals surface area contributed by atoms with E-state index in [2.05, 4.69) is 37.2 Å². The van der Waals surface area contributed by atoms with Gasteiger partial charge in [-0.15, -0.1) is 0 Å². The monoisotopic (exact) mass is 386 g/mol. The molecule has 0 unspecified atom stereocenters. The highest BCUT2D eigenvalue weighted by atomic mass is 16.5. The van der Waals surface area contributed by atoms with Gasteiger partial charge in [0.2, 0.25) is 0 Å². The Morgan fingerprint density at radius 1 is 0.966 bits per heavy atom. The molecule has 7 heteroatoms. The molecule has 0 saturated carbocycles. The summed E-state index contributed by atoms with van der Waals surface area (Å²) in [5.41, 5.74) is 2.44. The van der Waals surface area contributed by atoms with E-state index in [-0.39, 0.29) is 0 Å². The lowest BCUT2D eigenvalue weighted by Crippen LogP contribution is -2.47. The second kappa shape index (κ2) is 8.48. The molecule has 0 atom stereocenters. The van der Waals surface area contributed by atoms with Crippen molar-refractivity contribution in [3.8, 4) is 11.8 Å². The zero-order valence-electron chi connectivity index (χ0n) is 16.2. The van der Waals surface area contributed by atoms with Crippen LogP contribution >= 0.6 is 0 Å². The number of methoxy groups -OCH3 is 1. The van der Waals surface area contributed by atoms with Gasteiger partial charge in [0.15, 0.2) is 0 Å². The number of hydrogen-bond donors (Lipinski definition) is 1. The van der Waals surface area contributed by atoms with Crippen LogP contribution < -0.4 is 19.9 Å². The second-order valence-electron chi connectivity index (χ2n) is 6.69. The first-order valence-electron chi connectivity index (χ1n) is 9.49. The zero-order valence-corrected chi connectivity index (χ0v) is 16.2. The Labute approximate surface area is 170 Å². The highest BCUT2D eigenvalue weighted by molar-refractivity contribution is 5.66. The van der Waals surface area contributed by atoms with Gasteiger partial charge >= 0.3 is 0 Å². The number of rotatable bonds is 5. The van der Waals surface area contributed by atoms with E-state index < -0.39 is 0 Å². The summed E-state index contributed by atoms with van der Waals surface area (Å²) in [6.45, 7) is 3.46. The number of nitrogens with one attached hydrogen (secondary N) is 1. The predicted octanol–water partition coefficient (Wildman–Crippen LogP) is 3.43. The summed E-state index contributed by atoms with van der Waals surface area (Å²) in [6, 6.07) is 19.6. The number of nitriles is 1. The maximum absolute atomic E-state index is 9.27. The van der Waals surface area contributed by atoms with Crippen molar-refractivity contribution in [3.63, 3.8) is 0 Å². The fourth-order valence-electron chi connectivity index (χ4n) is 3.48. The van der Waals surface area contributed by atoms with Gasteiger partial charge in [0.05, 0.1) is 24.0 Å². The first kappa shape index (κ1) is 18.6. The quantitative estimate of drug-likeness (QED) is 0.720. The maximum Gasteiger partial charge on any atom is 0.142 e. The van der Waals surface area contributed by atoms with E-state index in [0.29, 0.717) is 11.4 Å². The smallest absolute Gasteiger partial charge is 0.142 e. The Kier molecular flexibility index (Phi) is 5.43. The molecule has 7 nitrogen and oxygen atoms in total. The number of ether oxygens (including phenoxy) is 1. The number of hydrogen-bond acceptors (Lipinski definition) is 7. The molecule has 4 rings (SSSR count). The molecule has 1 fully saturated rings. The molecule has 1 aromatic heterocycles. The number of piperazine rings is 1. The van der Waals surface area contributed by atoms with Crippen molar-refractivity contribution in [2.75, 3.05) is 48.4 Å². The SMILES string of the molecule is COc1ccccc1N1CCN(c2cc(Nc3ccccc3C#N)ncn2)CC1. The lowest BCUT2D eigenvalue weighted by molar-refractivity contribution is 0.413. The normalized spacial score (nSPS) is 13.7. The molecule has 1 N–H and O–H groups in total. The molecule has 0 radical (unpaired) electrons. The molecule has 1 aliphatic heterocycles. The summed E-state index contributed by atoms with van der Waals surface area (Å²) in [7, 11) is 1.70. The fraction of sp³-hybridized carbons (Fsp3) is 0.227. The lowest BCUT2D eigenvalue weighted by Gasteiger charge is -2.37. The van der Waals surface area contributed by atoms with Crippen molar-refractivity contribution in [1.82, 2.24) is 9.97 Å². The summed E-state index contributed by atoms with van der Waals surface area (Å²) in [5.74, 6) is 2.44. The third kappa shape index (κ3) is 4.06. The van der Waals surface area contributed by atoms with E-state index in [4.69, 9.17) is 4.74 Å². The topological polar surface area (TPSA) is 77.3 Å². The second-order valence-corrected chi connectivity index (χ2v) is 6.69. The van der Waals surface area contributed by atoms with E-state index >= 15 is 0 Å². The average Bonchev–Trinajstić information content (AvgIpc) is 2.80. The van der Waals surface area contributed by atoms with E-state index in [9.17, 15) is 5.26 Å². The minimum absolute atomic E-state index is 0.582. The summed E-state index contributed by atoms with van der Waals surface area (Å²) < 4.78 is 5.49. The molecule has 1 saturated heterocycles.